The van der Waals surface area contributed by atoms with E-state index in [2.05, 4.69) is 79.6 Å². The van der Waals surface area contributed by atoms with Crippen molar-refractivity contribution < 1.29 is 79.6 Å². The van der Waals surface area contributed by atoms with Gasteiger partial charge in [0.25, 0.3) is 0 Å². The van der Waals surface area contributed by atoms with E-state index in [9.17, 15) is 0 Å². The Morgan fingerprint density at radius 2 is 0.429 bits per heavy atom. The summed E-state index contributed by atoms with van der Waals surface area (Å²) in [6.45, 7) is 0. The van der Waals surface area contributed by atoms with Crippen molar-refractivity contribution in [3.63, 3.8) is 0 Å². The summed E-state index contributed by atoms with van der Waals surface area (Å²) in [5, 5.41) is 0. The Labute approximate surface area is 85.7 Å². The van der Waals surface area contributed by atoms with Gasteiger partial charge < -0.3 is 7.43 Å². The molecular formula is CH3Ni6-. The molecule has 0 aromatic carbocycles. The van der Waals surface area contributed by atoms with Crippen molar-refractivity contribution >= 4 is 0 Å². The van der Waals surface area contributed by atoms with Gasteiger partial charge in [-0.1, -0.05) is 0 Å². The van der Waals surface area contributed by atoms with E-state index in [1.54, 1.807) is 0 Å². The average molecular weight is 367 g/mol. The standard InChI is InChI=1S/CH3.6Ni/h1H3;;;;;;/q-1;;;;;;. The molecule has 0 saturated heterocycles. The van der Waals surface area contributed by atoms with E-state index in [0.29, 0.717) is 0 Å². The van der Waals surface area contributed by atoms with Crippen LogP contribution in [0.2, 0.25) is 0 Å². The molecule has 0 rings (SSSR count). The predicted molar refractivity (Wildman–Crippen MR) is 6.41 cm³/mol. The van der Waals surface area contributed by atoms with Crippen molar-refractivity contribution in [1.82, 2.24) is 0 Å². The zero-order chi connectivity index (χ0) is 6.00. The minimum absolute atomic E-state index is 0. The van der Waals surface area contributed by atoms with Crippen molar-refractivity contribution in [2.24, 2.45) is 0 Å². The summed E-state index contributed by atoms with van der Waals surface area (Å²) in [5.41, 5.74) is 0. The molecule has 0 saturated carbocycles. The molecule has 68 valence electrons. The van der Waals surface area contributed by atoms with E-state index in [0.717, 1.165) is 0 Å². The number of hydrogen-bond donors (Lipinski definition) is 0. The maximum absolute atomic E-state index is 3.50. The van der Waals surface area contributed by atoms with Gasteiger partial charge in [0.15, 0.2) is 0 Å². The van der Waals surface area contributed by atoms with Crippen LogP contribution in [0.4, 0.5) is 0 Å². The predicted octanol–water partition coefficient (Wildman–Crippen LogP) is 0.435. The van der Waals surface area contributed by atoms with E-state index in [1.807, 2.05) is 0 Å². The molecule has 0 N–H and O–H groups in total. The Kier molecular flexibility index (Phi) is 208. The molecule has 0 aromatic heterocycles. The zero-order valence-electron chi connectivity index (χ0n) is 2.90. The Morgan fingerprint density at radius 3 is 0.429 bits per heavy atom. The summed E-state index contributed by atoms with van der Waals surface area (Å²) in [6, 6.07) is 0. The maximum atomic E-state index is 3.50. The molecule has 0 aliphatic heterocycles. The molecule has 0 radical (unpaired) electrons. The zero-order valence-corrected chi connectivity index (χ0v) is 8.82. The third kappa shape index (κ3) is 49.5. The van der Waals surface area contributed by atoms with Crippen molar-refractivity contribution in [2.75, 3.05) is 0 Å². The Hall–Kier alpha value is 2.96. The second kappa shape index (κ2) is 64.8. The fourth-order valence-corrected chi connectivity index (χ4v) is 0. The molecule has 0 aromatic rings. The number of hydrogen-bond acceptors (Lipinski definition) is 0. The van der Waals surface area contributed by atoms with E-state index >= 15 is 0 Å². The molecular weight excluding hydrogens is 364 g/mol. The van der Waals surface area contributed by atoms with Crippen LogP contribution in [0, 0.1) is 7.43 Å². The topological polar surface area (TPSA) is 0 Å². The second-order valence-electron chi connectivity index (χ2n) is 0. The molecule has 0 aliphatic rings. The third-order valence-corrected chi connectivity index (χ3v) is 0. The van der Waals surface area contributed by atoms with Gasteiger partial charge in [0.2, 0.25) is 0 Å². The summed E-state index contributed by atoms with van der Waals surface area (Å²) in [4.78, 5) is 0. The Morgan fingerprint density at radius 1 is 0.429 bits per heavy atom. The van der Waals surface area contributed by atoms with Gasteiger partial charge >= 0.3 is 79.6 Å². The fraction of sp³-hybridized carbons (Fsp3) is 0. The normalized spacial score (nSPS) is 3.43. The van der Waals surface area contributed by atoms with Gasteiger partial charge in [0.1, 0.15) is 0 Å². The molecule has 0 fully saturated rings. The molecule has 0 nitrogen and oxygen atoms in total. The third-order valence-electron chi connectivity index (χ3n) is 0. The van der Waals surface area contributed by atoms with E-state index in [-0.39, 0.29) is 7.43 Å². The molecule has 6 heteroatoms. The van der Waals surface area contributed by atoms with Crippen LogP contribution < -0.4 is 0 Å². The van der Waals surface area contributed by atoms with Crippen molar-refractivity contribution in [3.05, 3.63) is 7.43 Å². The monoisotopic (exact) mass is 363 g/mol. The molecule has 0 bridgehead atoms. The first-order valence-electron chi connectivity index (χ1n) is 0.300. The first-order valence-corrected chi connectivity index (χ1v) is 5.10. The van der Waals surface area contributed by atoms with Gasteiger partial charge in [0, 0.05) is 0 Å². The van der Waals surface area contributed by atoms with Crippen LogP contribution in [0.3, 0.4) is 0 Å². The van der Waals surface area contributed by atoms with Crippen molar-refractivity contribution in [2.45, 2.75) is 0 Å². The molecule has 0 spiro atoms. The van der Waals surface area contributed by atoms with Gasteiger partial charge in [0.05, 0.1) is 0 Å². The van der Waals surface area contributed by atoms with Crippen LogP contribution in [0.15, 0.2) is 0 Å². The van der Waals surface area contributed by atoms with Gasteiger partial charge in [-0.25, -0.2) is 0 Å². The first kappa shape index (κ1) is 22.5. The fourth-order valence-electron chi connectivity index (χ4n) is 0. The second-order valence-corrected chi connectivity index (χ2v) is 0. The quantitative estimate of drug-likeness (QED) is 0.431. The van der Waals surface area contributed by atoms with Crippen LogP contribution >= 0.6 is 0 Å². The molecule has 7 heavy (non-hydrogen) atoms. The summed E-state index contributed by atoms with van der Waals surface area (Å²) in [5.74, 6) is 0. The Bertz CT molecular complexity index is 8.90. The van der Waals surface area contributed by atoms with Crippen LogP contribution in [0.5, 0.6) is 0 Å². The van der Waals surface area contributed by atoms with Crippen LogP contribution in [-0.4, -0.2) is 0 Å². The summed E-state index contributed by atoms with van der Waals surface area (Å²) < 4.78 is 0. The SMILES string of the molecule is [CH3-].[Ni]=[Ni].[Ni]=[Ni].[Ni]=[Ni]. The van der Waals surface area contributed by atoms with Crippen molar-refractivity contribution in [3.8, 4) is 0 Å². The van der Waals surface area contributed by atoms with Gasteiger partial charge in [-0.3, -0.25) is 0 Å². The molecule has 0 aliphatic carbocycles. The minimum atomic E-state index is 0. The molecule has 0 amide bonds. The van der Waals surface area contributed by atoms with Crippen LogP contribution in [-0.2, 0) is 79.6 Å². The van der Waals surface area contributed by atoms with E-state index in [4.69, 9.17) is 0 Å². The number of rotatable bonds is 0. The molecule has 0 atom stereocenters. The Balaban J connectivity index is -0.00000000900. The van der Waals surface area contributed by atoms with Gasteiger partial charge in [-0.2, -0.15) is 0 Å². The summed E-state index contributed by atoms with van der Waals surface area (Å²) in [6.07, 6.45) is 0. The molecule has 0 heterocycles. The average Bonchev–Trinajstić information content (AvgIpc) is 1.81. The summed E-state index contributed by atoms with van der Waals surface area (Å²) in [7, 11) is 0. The van der Waals surface area contributed by atoms with E-state index < -0.39 is 0 Å². The first-order chi connectivity index (χ1) is 3.00. The summed E-state index contributed by atoms with van der Waals surface area (Å²) >= 11 is 21.0. The van der Waals surface area contributed by atoms with E-state index in [1.165, 1.54) is 0 Å². The van der Waals surface area contributed by atoms with Crippen LogP contribution in [0.1, 0.15) is 0 Å². The van der Waals surface area contributed by atoms with Gasteiger partial charge in [-0.15, -0.1) is 0 Å². The van der Waals surface area contributed by atoms with Crippen molar-refractivity contribution in [1.29, 1.82) is 0 Å². The molecule has 0 unspecified atom stereocenters. The van der Waals surface area contributed by atoms with Crippen LogP contribution in [0.25, 0.3) is 0 Å². The van der Waals surface area contributed by atoms with Gasteiger partial charge in [-0.05, 0) is 0 Å².